The summed E-state index contributed by atoms with van der Waals surface area (Å²) in [6.45, 7) is 4.95. The van der Waals surface area contributed by atoms with Gasteiger partial charge in [0.15, 0.2) is 0 Å². The molecule has 1 aliphatic carbocycles. The van der Waals surface area contributed by atoms with E-state index >= 15 is 0 Å². The van der Waals surface area contributed by atoms with Gasteiger partial charge in [0, 0.05) is 41.3 Å². The molecule has 2 amide bonds. The summed E-state index contributed by atoms with van der Waals surface area (Å²) in [5.74, 6) is -0.216. The van der Waals surface area contributed by atoms with E-state index < -0.39 is 6.09 Å². The first-order valence-electron chi connectivity index (χ1n) is 8.54. The van der Waals surface area contributed by atoms with Gasteiger partial charge in [-0.3, -0.25) is 4.79 Å². The van der Waals surface area contributed by atoms with E-state index in [4.69, 9.17) is 4.74 Å². The van der Waals surface area contributed by atoms with Crippen molar-refractivity contribution in [1.82, 2.24) is 9.47 Å². The van der Waals surface area contributed by atoms with Crippen LogP contribution in [-0.2, 0) is 22.5 Å². The predicted molar refractivity (Wildman–Crippen MR) is 95.9 cm³/mol. The van der Waals surface area contributed by atoms with Crippen LogP contribution in [0.3, 0.4) is 0 Å². The SMILES string of the molecule is CCn1c2c(c3ccccc31)C=C(/C(C)=C1/OC(=O)N(C)C1=O)CC2. The maximum atomic E-state index is 12.2. The predicted octanol–water partition coefficient (Wildman–Crippen LogP) is 3.87. The van der Waals surface area contributed by atoms with Gasteiger partial charge < -0.3 is 9.30 Å². The molecule has 1 fully saturated rings. The Bertz CT molecular complexity index is 978. The van der Waals surface area contributed by atoms with Crippen molar-refractivity contribution in [2.24, 2.45) is 0 Å². The molecule has 1 aromatic carbocycles. The summed E-state index contributed by atoms with van der Waals surface area (Å²) in [6, 6.07) is 8.39. The van der Waals surface area contributed by atoms with Crippen LogP contribution in [0, 0.1) is 0 Å². The van der Waals surface area contributed by atoms with Crippen LogP contribution in [0.15, 0.2) is 41.2 Å². The number of nitrogens with zero attached hydrogens (tertiary/aromatic N) is 2. The Labute approximate surface area is 146 Å². The van der Waals surface area contributed by atoms with Crippen LogP contribution in [0.2, 0.25) is 0 Å². The van der Waals surface area contributed by atoms with Gasteiger partial charge in [-0.1, -0.05) is 18.2 Å². The number of cyclic esters (lactones) is 1. The second-order valence-corrected chi connectivity index (χ2v) is 6.48. The van der Waals surface area contributed by atoms with E-state index in [1.807, 2.05) is 13.0 Å². The summed E-state index contributed by atoms with van der Waals surface area (Å²) in [5.41, 5.74) is 5.58. The minimum atomic E-state index is -0.612. The van der Waals surface area contributed by atoms with Crippen molar-refractivity contribution in [2.75, 3.05) is 7.05 Å². The van der Waals surface area contributed by atoms with Crippen molar-refractivity contribution in [1.29, 1.82) is 0 Å². The Kier molecular flexibility index (Phi) is 3.53. The topological polar surface area (TPSA) is 51.5 Å². The van der Waals surface area contributed by atoms with Crippen molar-refractivity contribution >= 4 is 29.0 Å². The fourth-order valence-corrected chi connectivity index (χ4v) is 3.79. The van der Waals surface area contributed by atoms with Gasteiger partial charge in [-0.15, -0.1) is 0 Å². The number of fused-ring (bicyclic) bond motifs is 3. The van der Waals surface area contributed by atoms with Crippen molar-refractivity contribution in [3.05, 3.63) is 52.4 Å². The molecule has 0 bridgehead atoms. The summed E-state index contributed by atoms with van der Waals surface area (Å²) < 4.78 is 7.53. The highest BCUT2D eigenvalue weighted by molar-refractivity contribution is 6.08. The molecule has 2 heterocycles. The van der Waals surface area contributed by atoms with Crippen molar-refractivity contribution in [2.45, 2.75) is 33.2 Å². The summed E-state index contributed by atoms with van der Waals surface area (Å²) >= 11 is 0. The standard InChI is InChI=1S/C20H20N2O3/c1-4-22-16-8-6-5-7-14(16)15-11-13(9-10-17(15)22)12(2)18-19(23)21(3)20(24)25-18/h5-8,11H,4,9-10H2,1-3H3/b18-12+. The molecule has 0 unspecified atom stereocenters. The molecule has 0 N–H and O–H groups in total. The normalized spacial score (nSPS) is 19.2. The van der Waals surface area contributed by atoms with Crippen LogP contribution in [0.25, 0.3) is 17.0 Å². The molecule has 1 aliphatic heterocycles. The highest BCUT2D eigenvalue weighted by atomic mass is 16.6. The summed E-state index contributed by atoms with van der Waals surface area (Å²) in [5, 5.41) is 1.22. The van der Waals surface area contributed by atoms with Crippen LogP contribution in [-0.4, -0.2) is 28.5 Å². The maximum absolute atomic E-state index is 12.2. The first-order valence-corrected chi connectivity index (χ1v) is 8.54. The monoisotopic (exact) mass is 336 g/mol. The lowest BCUT2D eigenvalue weighted by molar-refractivity contribution is -0.122. The number of amides is 2. The second-order valence-electron chi connectivity index (χ2n) is 6.48. The minimum absolute atomic E-state index is 0.154. The molecule has 0 spiro atoms. The third-order valence-corrected chi connectivity index (χ3v) is 5.17. The van der Waals surface area contributed by atoms with E-state index in [1.165, 1.54) is 29.2 Å². The number of hydrogen-bond acceptors (Lipinski definition) is 3. The fourth-order valence-electron chi connectivity index (χ4n) is 3.79. The van der Waals surface area contributed by atoms with Crippen LogP contribution < -0.4 is 0 Å². The number of likely N-dealkylation sites (N-methyl/N-ethyl adjacent to an activating group) is 1. The Morgan fingerprint density at radius 1 is 1.20 bits per heavy atom. The number of allylic oxidation sites excluding steroid dienone is 2. The summed E-state index contributed by atoms with van der Waals surface area (Å²) in [6.07, 6.45) is 3.27. The number of imide groups is 1. The number of carbonyl (C=O) groups excluding carboxylic acids is 2. The van der Waals surface area contributed by atoms with Crippen LogP contribution >= 0.6 is 0 Å². The average Bonchev–Trinajstić information content (AvgIpc) is 3.09. The highest BCUT2D eigenvalue weighted by Crippen LogP contribution is 2.37. The van der Waals surface area contributed by atoms with E-state index in [0.29, 0.717) is 0 Å². The van der Waals surface area contributed by atoms with E-state index in [1.54, 1.807) is 0 Å². The van der Waals surface area contributed by atoms with Crippen molar-refractivity contribution in [3.8, 4) is 0 Å². The number of rotatable bonds is 2. The van der Waals surface area contributed by atoms with Crippen LogP contribution in [0.4, 0.5) is 4.79 Å². The number of ether oxygens (including phenoxy) is 1. The molecule has 5 nitrogen and oxygen atoms in total. The zero-order valence-corrected chi connectivity index (χ0v) is 14.6. The lowest BCUT2D eigenvalue weighted by Gasteiger charge is -2.17. The highest BCUT2D eigenvalue weighted by Gasteiger charge is 2.35. The van der Waals surface area contributed by atoms with E-state index in [2.05, 4.69) is 35.8 Å². The van der Waals surface area contributed by atoms with Gasteiger partial charge in [-0.05, 0) is 44.4 Å². The molecule has 1 aromatic heterocycles. The van der Waals surface area contributed by atoms with Gasteiger partial charge in [0.05, 0.1) is 0 Å². The smallest absolute Gasteiger partial charge is 0.404 e. The number of aromatic nitrogens is 1. The quantitative estimate of drug-likeness (QED) is 0.782. The molecular formula is C20H20N2O3. The first kappa shape index (κ1) is 15.7. The van der Waals surface area contributed by atoms with E-state index in [-0.39, 0.29) is 11.7 Å². The molecule has 25 heavy (non-hydrogen) atoms. The van der Waals surface area contributed by atoms with Gasteiger partial charge in [-0.2, -0.15) is 0 Å². The molecule has 2 aliphatic rings. The summed E-state index contributed by atoms with van der Waals surface area (Å²) in [4.78, 5) is 24.8. The molecule has 0 atom stereocenters. The van der Waals surface area contributed by atoms with Crippen LogP contribution in [0.1, 0.15) is 31.5 Å². The molecule has 128 valence electrons. The lowest BCUT2D eigenvalue weighted by Crippen LogP contribution is -2.23. The fraction of sp³-hybridized carbons (Fsp3) is 0.300. The lowest BCUT2D eigenvalue weighted by atomic mass is 9.91. The Morgan fingerprint density at radius 2 is 1.96 bits per heavy atom. The van der Waals surface area contributed by atoms with Gasteiger partial charge >= 0.3 is 6.09 Å². The van der Waals surface area contributed by atoms with E-state index in [9.17, 15) is 9.59 Å². The summed E-state index contributed by atoms with van der Waals surface area (Å²) in [7, 11) is 1.44. The number of hydrogen-bond donors (Lipinski definition) is 0. The molecule has 2 aromatic rings. The largest absolute Gasteiger partial charge is 0.422 e. The minimum Gasteiger partial charge on any atom is -0.404 e. The maximum Gasteiger partial charge on any atom is 0.422 e. The van der Waals surface area contributed by atoms with Crippen LogP contribution in [0.5, 0.6) is 0 Å². The first-order chi connectivity index (χ1) is 12.0. The van der Waals surface area contributed by atoms with Gasteiger partial charge in [0.1, 0.15) is 0 Å². The second kappa shape index (κ2) is 5.62. The molecule has 5 heteroatoms. The molecule has 0 radical (unpaired) electrons. The van der Waals surface area contributed by atoms with Crippen molar-refractivity contribution < 1.29 is 14.3 Å². The number of carbonyl (C=O) groups is 2. The number of aryl methyl sites for hydroxylation is 1. The van der Waals surface area contributed by atoms with Gasteiger partial charge in [0.2, 0.25) is 5.76 Å². The average molecular weight is 336 g/mol. The van der Waals surface area contributed by atoms with Crippen molar-refractivity contribution in [3.63, 3.8) is 0 Å². The molecular weight excluding hydrogens is 316 g/mol. The molecule has 4 rings (SSSR count). The zero-order valence-electron chi connectivity index (χ0n) is 14.6. The molecule has 1 saturated heterocycles. The Hall–Kier alpha value is -2.82. The zero-order chi connectivity index (χ0) is 17.7. The molecule has 0 saturated carbocycles. The van der Waals surface area contributed by atoms with Gasteiger partial charge in [0.25, 0.3) is 5.91 Å². The number of benzene rings is 1. The van der Waals surface area contributed by atoms with Gasteiger partial charge in [-0.25, -0.2) is 9.69 Å². The third-order valence-electron chi connectivity index (χ3n) is 5.17. The Morgan fingerprint density at radius 3 is 2.64 bits per heavy atom. The number of para-hydroxylation sites is 1. The third kappa shape index (κ3) is 2.22. The van der Waals surface area contributed by atoms with E-state index in [0.717, 1.165) is 35.4 Å². The Balaban J connectivity index is 1.86.